The molecule has 0 fully saturated rings. The summed E-state index contributed by atoms with van der Waals surface area (Å²) in [5.41, 5.74) is 3.41. The van der Waals surface area contributed by atoms with Crippen molar-refractivity contribution in [2.75, 3.05) is 5.32 Å². The van der Waals surface area contributed by atoms with E-state index < -0.39 is 0 Å². The summed E-state index contributed by atoms with van der Waals surface area (Å²) in [7, 11) is 0. The van der Waals surface area contributed by atoms with E-state index in [1.807, 2.05) is 48.5 Å². The molecule has 0 radical (unpaired) electrons. The molecule has 0 saturated carbocycles. The number of fused-ring (bicyclic) bond motifs is 1. The molecule has 0 spiro atoms. The van der Waals surface area contributed by atoms with Crippen LogP contribution in [0.15, 0.2) is 52.1 Å². The fourth-order valence-corrected chi connectivity index (χ4v) is 2.99. The number of hydrogen-bond donors (Lipinski definition) is 1. The molecule has 0 unspecified atom stereocenters. The van der Waals surface area contributed by atoms with Gasteiger partial charge in [0.05, 0.1) is 9.28 Å². The molecule has 0 saturated heterocycles. The first-order chi connectivity index (χ1) is 9.16. The molecule has 1 aliphatic rings. The molecule has 3 rings (SSSR count). The number of anilines is 1. The van der Waals surface area contributed by atoms with Crippen molar-refractivity contribution in [1.82, 2.24) is 0 Å². The van der Waals surface area contributed by atoms with Crippen LogP contribution in [0.2, 0.25) is 5.02 Å². The van der Waals surface area contributed by atoms with E-state index in [0.29, 0.717) is 8.60 Å². The van der Waals surface area contributed by atoms with Gasteiger partial charge >= 0.3 is 0 Å². The normalized spacial score (nSPS) is 13.7. The van der Waals surface area contributed by atoms with Crippen molar-refractivity contribution in [3.63, 3.8) is 0 Å². The molecule has 2 aromatic carbocycles. The Balaban J connectivity index is 2.03. The Labute approximate surface area is 129 Å². The Hall–Kier alpha value is -1.33. The molecule has 19 heavy (non-hydrogen) atoms. The van der Waals surface area contributed by atoms with Gasteiger partial charge < -0.3 is 5.32 Å². The zero-order valence-corrected chi connectivity index (χ0v) is 12.7. The highest BCUT2D eigenvalue weighted by Gasteiger charge is 2.27. The Morgan fingerprint density at radius 3 is 2.47 bits per heavy atom. The maximum absolute atomic E-state index is 12.1. The van der Waals surface area contributed by atoms with Crippen LogP contribution in [0.5, 0.6) is 0 Å². The van der Waals surface area contributed by atoms with E-state index >= 15 is 0 Å². The topological polar surface area (TPSA) is 29.1 Å². The van der Waals surface area contributed by atoms with Crippen LogP contribution in [0.3, 0.4) is 0 Å². The predicted molar refractivity (Wildman–Crippen MR) is 86.8 cm³/mol. The lowest BCUT2D eigenvalue weighted by atomic mass is 10.1. The minimum atomic E-state index is 0.0701. The van der Waals surface area contributed by atoms with E-state index in [9.17, 15) is 4.79 Å². The fourth-order valence-electron chi connectivity index (χ4n) is 2.08. The van der Waals surface area contributed by atoms with Crippen LogP contribution in [0.4, 0.5) is 5.69 Å². The van der Waals surface area contributed by atoms with Crippen molar-refractivity contribution in [3.8, 4) is 0 Å². The molecule has 1 N–H and O–H groups in total. The van der Waals surface area contributed by atoms with Gasteiger partial charge in [0.15, 0.2) is 0 Å². The standard InChI is InChI=1S/C15H9ClINO/c16-9-4-3-5-10(8-9)18-14-11-6-1-2-7-12(11)15(19)13(14)17/h1-8,18H. The first-order valence-electron chi connectivity index (χ1n) is 5.73. The van der Waals surface area contributed by atoms with E-state index in [2.05, 4.69) is 27.9 Å². The minimum Gasteiger partial charge on any atom is -0.354 e. The number of ketones is 1. The molecule has 0 heterocycles. The van der Waals surface area contributed by atoms with E-state index in [0.717, 1.165) is 22.5 Å². The number of carbonyl (C=O) groups excluding carboxylic acids is 1. The van der Waals surface area contributed by atoms with Crippen molar-refractivity contribution in [2.24, 2.45) is 0 Å². The van der Waals surface area contributed by atoms with Crippen molar-refractivity contribution in [2.45, 2.75) is 0 Å². The highest BCUT2D eigenvalue weighted by molar-refractivity contribution is 14.1. The smallest absolute Gasteiger partial charge is 0.201 e. The molecule has 4 heteroatoms. The van der Waals surface area contributed by atoms with Gasteiger partial charge in [-0.05, 0) is 40.8 Å². The second-order valence-corrected chi connectivity index (χ2v) is 5.71. The Kier molecular flexibility index (Phi) is 3.33. The zero-order chi connectivity index (χ0) is 13.4. The van der Waals surface area contributed by atoms with Crippen LogP contribution in [-0.4, -0.2) is 5.78 Å². The van der Waals surface area contributed by atoms with Gasteiger partial charge in [-0.25, -0.2) is 0 Å². The third kappa shape index (κ3) is 2.28. The second kappa shape index (κ2) is 4.98. The second-order valence-electron chi connectivity index (χ2n) is 4.20. The van der Waals surface area contributed by atoms with E-state index in [1.54, 1.807) is 0 Å². The van der Waals surface area contributed by atoms with Crippen molar-refractivity contribution in [1.29, 1.82) is 0 Å². The summed E-state index contributed by atoms with van der Waals surface area (Å²) in [6.07, 6.45) is 0. The Bertz CT molecular complexity index is 709. The highest BCUT2D eigenvalue weighted by Crippen LogP contribution is 2.36. The van der Waals surface area contributed by atoms with Gasteiger partial charge in [0.1, 0.15) is 0 Å². The average molecular weight is 382 g/mol. The molecule has 2 aromatic rings. The lowest BCUT2D eigenvalue weighted by molar-refractivity contribution is 0.104. The molecular weight excluding hydrogens is 373 g/mol. The van der Waals surface area contributed by atoms with Crippen LogP contribution in [0.25, 0.3) is 5.70 Å². The Morgan fingerprint density at radius 1 is 1.00 bits per heavy atom. The van der Waals surface area contributed by atoms with Crippen molar-refractivity contribution >= 4 is 51.4 Å². The van der Waals surface area contributed by atoms with Gasteiger partial charge in [0, 0.05) is 21.8 Å². The number of rotatable bonds is 2. The summed E-state index contributed by atoms with van der Waals surface area (Å²) >= 11 is 8.06. The summed E-state index contributed by atoms with van der Waals surface area (Å²) in [6.45, 7) is 0. The fraction of sp³-hybridized carbons (Fsp3) is 0. The number of halogens is 2. The third-order valence-electron chi connectivity index (χ3n) is 2.95. The lowest BCUT2D eigenvalue weighted by Crippen LogP contribution is -1.97. The molecule has 0 atom stereocenters. The molecule has 0 aliphatic heterocycles. The summed E-state index contributed by atoms with van der Waals surface area (Å²) in [6, 6.07) is 15.1. The van der Waals surface area contributed by atoms with Crippen molar-refractivity contribution < 1.29 is 4.79 Å². The van der Waals surface area contributed by atoms with Gasteiger partial charge in [0.25, 0.3) is 0 Å². The molecule has 0 amide bonds. The number of allylic oxidation sites excluding steroid dienone is 1. The number of nitrogens with one attached hydrogen (secondary N) is 1. The van der Waals surface area contributed by atoms with Gasteiger partial charge in [0.2, 0.25) is 5.78 Å². The van der Waals surface area contributed by atoms with E-state index in [1.165, 1.54) is 0 Å². The highest BCUT2D eigenvalue weighted by atomic mass is 127. The first-order valence-corrected chi connectivity index (χ1v) is 7.19. The SMILES string of the molecule is O=C1C(I)=C(Nc2cccc(Cl)c2)c2ccccc21. The van der Waals surface area contributed by atoms with E-state index in [4.69, 9.17) is 11.6 Å². The van der Waals surface area contributed by atoms with Gasteiger partial charge in [-0.1, -0.05) is 41.9 Å². The van der Waals surface area contributed by atoms with Gasteiger partial charge in [-0.3, -0.25) is 4.79 Å². The minimum absolute atomic E-state index is 0.0701. The number of carbonyl (C=O) groups is 1. The van der Waals surface area contributed by atoms with Crippen LogP contribution in [0, 0.1) is 0 Å². The van der Waals surface area contributed by atoms with Crippen LogP contribution >= 0.6 is 34.2 Å². The average Bonchev–Trinajstić information content (AvgIpc) is 2.65. The Morgan fingerprint density at radius 2 is 1.74 bits per heavy atom. The molecular formula is C15H9ClINO. The quantitative estimate of drug-likeness (QED) is 0.761. The van der Waals surface area contributed by atoms with Crippen LogP contribution < -0.4 is 5.32 Å². The number of hydrogen-bond acceptors (Lipinski definition) is 2. The molecule has 1 aliphatic carbocycles. The molecule has 0 aromatic heterocycles. The summed E-state index contributed by atoms with van der Waals surface area (Å²) in [5.74, 6) is 0.0701. The molecule has 94 valence electrons. The summed E-state index contributed by atoms with van der Waals surface area (Å²) in [4.78, 5) is 12.1. The number of benzene rings is 2. The van der Waals surface area contributed by atoms with Crippen LogP contribution in [-0.2, 0) is 0 Å². The zero-order valence-electron chi connectivity index (χ0n) is 9.78. The summed E-state index contributed by atoms with van der Waals surface area (Å²) in [5, 5.41) is 3.95. The van der Waals surface area contributed by atoms with Crippen molar-refractivity contribution in [3.05, 3.63) is 68.3 Å². The van der Waals surface area contributed by atoms with Gasteiger partial charge in [-0.2, -0.15) is 0 Å². The maximum atomic E-state index is 12.1. The largest absolute Gasteiger partial charge is 0.354 e. The van der Waals surface area contributed by atoms with E-state index in [-0.39, 0.29) is 5.78 Å². The molecule has 0 bridgehead atoms. The van der Waals surface area contributed by atoms with Crippen LogP contribution in [0.1, 0.15) is 15.9 Å². The monoisotopic (exact) mass is 381 g/mol. The first kappa shape index (κ1) is 12.7. The summed E-state index contributed by atoms with van der Waals surface area (Å²) < 4.78 is 0.707. The number of Topliss-reactive ketones (excluding diaryl/α,β-unsaturated/α-hetero) is 1. The lowest BCUT2D eigenvalue weighted by Gasteiger charge is -2.09. The maximum Gasteiger partial charge on any atom is 0.201 e. The molecule has 2 nitrogen and oxygen atoms in total. The predicted octanol–water partition coefficient (Wildman–Crippen LogP) is 4.75. The van der Waals surface area contributed by atoms with Gasteiger partial charge in [-0.15, -0.1) is 0 Å². The third-order valence-corrected chi connectivity index (χ3v) is 4.22.